The number of amides is 2. The Morgan fingerprint density at radius 1 is 1.03 bits per heavy atom. The maximum Gasteiger partial charge on any atom is 0.254 e. The molecule has 1 N–H and O–H groups in total. The molecule has 2 amide bonds. The van der Waals surface area contributed by atoms with Crippen LogP contribution in [0.5, 0.6) is 11.5 Å². The van der Waals surface area contributed by atoms with Crippen molar-refractivity contribution in [2.24, 2.45) is 0 Å². The van der Waals surface area contributed by atoms with E-state index in [0.717, 1.165) is 24.2 Å². The van der Waals surface area contributed by atoms with E-state index >= 15 is 0 Å². The Hall–Kier alpha value is -3.52. The number of rotatable bonds is 10. The monoisotopic (exact) mass is 526 g/mol. The summed E-state index contributed by atoms with van der Waals surface area (Å²) in [7, 11) is 3.06. The molecule has 1 aromatic heterocycles. The molecule has 0 atom stereocenters. The Morgan fingerprint density at radius 3 is 2.19 bits per heavy atom. The number of nitrogens with zero attached hydrogens (tertiary/aromatic N) is 3. The Kier molecular flexibility index (Phi) is 9.21. The van der Waals surface area contributed by atoms with Gasteiger partial charge in [-0.25, -0.2) is 4.68 Å². The van der Waals surface area contributed by atoms with Crippen LogP contribution < -0.4 is 14.8 Å². The average Bonchev–Trinajstić information content (AvgIpc) is 3.30. The SMILES string of the molecule is CCCCN(CC(=O)Nc1cc(C(C)(C)C)nn1-c1ccc(Cl)cc1)C(=O)c1cc(OC)cc(OC)c1. The minimum atomic E-state index is -0.324. The van der Waals surface area contributed by atoms with Gasteiger partial charge in [-0.2, -0.15) is 5.10 Å². The van der Waals surface area contributed by atoms with Crippen LogP contribution in [0.1, 0.15) is 56.6 Å². The smallest absolute Gasteiger partial charge is 0.254 e. The fraction of sp³-hybridized carbons (Fsp3) is 0.393. The topological polar surface area (TPSA) is 85.7 Å². The van der Waals surface area contributed by atoms with Crippen molar-refractivity contribution in [3.05, 3.63) is 64.8 Å². The molecule has 198 valence electrons. The predicted octanol–water partition coefficient (Wildman–Crippen LogP) is 5.72. The number of halogens is 1. The molecule has 0 radical (unpaired) electrons. The highest BCUT2D eigenvalue weighted by molar-refractivity contribution is 6.30. The number of nitrogens with one attached hydrogen (secondary N) is 1. The van der Waals surface area contributed by atoms with Crippen molar-refractivity contribution in [3.8, 4) is 17.2 Å². The highest BCUT2D eigenvalue weighted by Gasteiger charge is 2.24. The fourth-order valence-electron chi connectivity index (χ4n) is 3.69. The van der Waals surface area contributed by atoms with Crippen molar-refractivity contribution in [3.63, 3.8) is 0 Å². The van der Waals surface area contributed by atoms with Gasteiger partial charge in [-0.1, -0.05) is 45.7 Å². The number of methoxy groups -OCH3 is 2. The zero-order chi connectivity index (χ0) is 27.2. The third kappa shape index (κ3) is 7.26. The third-order valence-electron chi connectivity index (χ3n) is 5.82. The summed E-state index contributed by atoms with van der Waals surface area (Å²) >= 11 is 6.07. The van der Waals surface area contributed by atoms with Gasteiger partial charge in [0.2, 0.25) is 5.91 Å². The van der Waals surface area contributed by atoms with E-state index in [2.05, 4.69) is 26.1 Å². The van der Waals surface area contributed by atoms with Gasteiger partial charge in [0.15, 0.2) is 0 Å². The lowest BCUT2D eigenvalue weighted by molar-refractivity contribution is -0.116. The van der Waals surface area contributed by atoms with E-state index in [1.165, 1.54) is 14.2 Å². The molecule has 0 fully saturated rings. The number of anilines is 1. The van der Waals surface area contributed by atoms with Gasteiger partial charge in [-0.3, -0.25) is 9.59 Å². The number of aromatic nitrogens is 2. The highest BCUT2D eigenvalue weighted by Crippen LogP contribution is 2.27. The van der Waals surface area contributed by atoms with E-state index in [-0.39, 0.29) is 23.8 Å². The summed E-state index contributed by atoms with van der Waals surface area (Å²) < 4.78 is 12.3. The Morgan fingerprint density at radius 2 is 1.65 bits per heavy atom. The minimum absolute atomic E-state index is 0.116. The molecule has 37 heavy (non-hydrogen) atoms. The van der Waals surface area contributed by atoms with Crippen LogP contribution in [0.15, 0.2) is 48.5 Å². The molecular formula is C28H35ClN4O4. The molecule has 0 spiro atoms. The maximum atomic E-state index is 13.4. The first kappa shape index (κ1) is 28.1. The number of hydrogen-bond acceptors (Lipinski definition) is 5. The molecule has 2 aromatic carbocycles. The number of carbonyl (C=O) groups is 2. The van der Waals surface area contributed by atoms with Crippen molar-refractivity contribution in [1.82, 2.24) is 14.7 Å². The first-order valence-corrected chi connectivity index (χ1v) is 12.6. The summed E-state index contributed by atoms with van der Waals surface area (Å²) in [4.78, 5) is 28.2. The van der Waals surface area contributed by atoms with Crippen LogP contribution in [-0.2, 0) is 10.2 Å². The summed E-state index contributed by atoms with van der Waals surface area (Å²) in [5.41, 5.74) is 1.74. The maximum absolute atomic E-state index is 13.4. The van der Waals surface area contributed by atoms with Gasteiger partial charge in [-0.05, 0) is 42.8 Å². The summed E-state index contributed by atoms with van der Waals surface area (Å²) in [5, 5.41) is 8.30. The molecular weight excluding hydrogens is 492 g/mol. The summed E-state index contributed by atoms with van der Waals surface area (Å²) in [5.74, 6) is 0.925. The second kappa shape index (κ2) is 12.1. The lowest BCUT2D eigenvalue weighted by Crippen LogP contribution is -2.39. The van der Waals surface area contributed by atoms with Gasteiger partial charge < -0.3 is 19.7 Å². The van der Waals surface area contributed by atoms with Crippen LogP contribution in [-0.4, -0.2) is 53.8 Å². The third-order valence-corrected chi connectivity index (χ3v) is 6.07. The molecule has 0 saturated carbocycles. The van der Waals surface area contributed by atoms with Gasteiger partial charge in [0.05, 0.1) is 25.6 Å². The van der Waals surface area contributed by atoms with Crippen molar-refractivity contribution >= 4 is 29.2 Å². The predicted molar refractivity (Wildman–Crippen MR) is 146 cm³/mol. The Bertz CT molecular complexity index is 1210. The van der Waals surface area contributed by atoms with Crippen molar-refractivity contribution in [1.29, 1.82) is 0 Å². The normalized spacial score (nSPS) is 11.2. The van der Waals surface area contributed by atoms with E-state index in [9.17, 15) is 9.59 Å². The van der Waals surface area contributed by atoms with E-state index < -0.39 is 0 Å². The molecule has 0 bridgehead atoms. The largest absolute Gasteiger partial charge is 0.497 e. The van der Waals surface area contributed by atoms with Gasteiger partial charge in [0.1, 0.15) is 23.9 Å². The summed E-state index contributed by atoms with van der Waals surface area (Å²) in [6.07, 6.45) is 1.64. The van der Waals surface area contributed by atoms with Gasteiger partial charge in [0, 0.05) is 34.7 Å². The number of unbranched alkanes of at least 4 members (excludes halogenated alkanes) is 1. The molecule has 0 saturated heterocycles. The number of benzene rings is 2. The van der Waals surface area contributed by atoms with Gasteiger partial charge in [-0.15, -0.1) is 0 Å². The number of hydrogen-bond donors (Lipinski definition) is 1. The lowest BCUT2D eigenvalue weighted by Gasteiger charge is -2.23. The standard InChI is InChI=1S/C28H35ClN4O4/c1-7-8-13-32(27(35)19-14-22(36-5)16-23(15-19)37-6)18-26(34)30-25-17-24(28(2,3)4)31-33(25)21-11-9-20(29)10-12-21/h9-12,14-17H,7-8,13,18H2,1-6H3,(H,30,34). The van der Waals surface area contributed by atoms with E-state index in [4.69, 9.17) is 26.2 Å². The van der Waals surface area contributed by atoms with E-state index in [1.807, 2.05) is 25.1 Å². The minimum Gasteiger partial charge on any atom is -0.497 e. The second-order valence-corrected chi connectivity index (χ2v) is 10.2. The van der Waals surface area contributed by atoms with Gasteiger partial charge in [0.25, 0.3) is 5.91 Å². The van der Waals surface area contributed by atoms with Crippen molar-refractivity contribution in [2.45, 2.75) is 46.0 Å². The lowest BCUT2D eigenvalue weighted by atomic mass is 9.92. The summed E-state index contributed by atoms with van der Waals surface area (Å²) in [6, 6.07) is 14.1. The quantitative estimate of drug-likeness (QED) is 0.365. The molecule has 9 heteroatoms. The Balaban J connectivity index is 1.88. The van der Waals surface area contributed by atoms with Crippen LogP contribution in [0, 0.1) is 0 Å². The molecule has 8 nitrogen and oxygen atoms in total. The molecule has 0 aliphatic carbocycles. The van der Waals surface area contributed by atoms with Crippen LogP contribution in [0.2, 0.25) is 5.02 Å². The van der Waals surface area contributed by atoms with Crippen LogP contribution >= 0.6 is 11.6 Å². The fourth-order valence-corrected chi connectivity index (χ4v) is 3.81. The zero-order valence-corrected chi connectivity index (χ0v) is 23.1. The zero-order valence-electron chi connectivity index (χ0n) is 22.3. The van der Waals surface area contributed by atoms with E-state index in [0.29, 0.717) is 34.4 Å². The summed E-state index contributed by atoms with van der Waals surface area (Å²) in [6.45, 7) is 8.53. The molecule has 1 heterocycles. The first-order valence-electron chi connectivity index (χ1n) is 12.2. The molecule has 3 rings (SSSR count). The van der Waals surface area contributed by atoms with Crippen LogP contribution in [0.3, 0.4) is 0 Å². The highest BCUT2D eigenvalue weighted by atomic mass is 35.5. The van der Waals surface area contributed by atoms with Crippen LogP contribution in [0.25, 0.3) is 5.69 Å². The second-order valence-electron chi connectivity index (χ2n) is 9.78. The molecule has 0 unspecified atom stereocenters. The Labute approximate surface area is 223 Å². The van der Waals surface area contributed by atoms with Crippen molar-refractivity contribution < 1.29 is 19.1 Å². The van der Waals surface area contributed by atoms with Crippen molar-refractivity contribution in [2.75, 3.05) is 32.6 Å². The number of carbonyl (C=O) groups excluding carboxylic acids is 2. The van der Waals surface area contributed by atoms with E-state index in [1.54, 1.807) is 39.9 Å². The first-order chi connectivity index (χ1) is 17.5. The molecule has 3 aromatic rings. The molecule has 0 aliphatic rings. The van der Waals surface area contributed by atoms with Crippen LogP contribution in [0.4, 0.5) is 5.82 Å². The number of ether oxygens (including phenoxy) is 2. The van der Waals surface area contributed by atoms with Gasteiger partial charge >= 0.3 is 0 Å². The molecule has 0 aliphatic heterocycles. The average molecular weight is 527 g/mol.